The van der Waals surface area contributed by atoms with Gasteiger partial charge in [-0.1, -0.05) is 6.07 Å². The van der Waals surface area contributed by atoms with E-state index in [9.17, 15) is 0 Å². The lowest BCUT2D eigenvalue weighted by atomic mass is 9.82. The molecule has 1 aromatic heterocycles. The summed E-state index contributed by atoms with van der Waals surface area (Å²) in [5.41, 5.74) is 2.10. The normalized spacial score (nSPS) is 28.0. The molecule has 0 amide bonds. The van der Waals surface area contributed by atoms with Gasteiger partial charge in [-0.05, 0) is 38.3 Å². The van der Waals surface area contributed by atoms with Gasteiger partial charge in [0.1, 0.15) is 0 Å². The summed E-state index contributed by atoms with van der Waals surface area (Å²) in [6.45, 7) is 7.36. The quantitative estimate of drug-likeness (QED) is 0.847. The molecule has 132 valence electrons. The fourth-order valence-electron chi connectivity index (χ4n) is 4.23. The summed E-state index contributed by atoms with van der Waals surface area (Å²) >= 11 is 0. The molecule has 3 fully saturated rings. The maximum Gasteiger partial charge on any atom is 0.0959 e. The molecule has 1 atom stereocenters. The number of likely N-dealkylation sites (tertiary alicyclic amines) is 1. The molecule has 0 radical (unpaired) electrons. The number of aryl methyl sites for hydroxylation is 1. The predicted molar refractivity (Wildman–Crippen MR) is 90.9 cm³/mol. The summed E-state index contributed by atoms with van der Waals surface area (Å²) in [4.78, 5) is 7.10. The van der Waals surface area contributed by atoms with Crippen LogP contribution in [0.15, 0.2) is 18.2 Å². The van der Waals surface area contributed by atoms with E-state index < -0.39 is 0 Å². The van der Waals surface area contributed by atoms with E-state index in [0.717, 1.165) is 70.0 Å². The first kappa shape index (κ1) is 16.5. The van der Waals surface area contributed by atoms with Crippen LogP contribution in [0.5, 0.6) is 0 Å². The molecule has 1 aromatic rings. The molecule has 0 saturated carbocycles. The zero-order valence-electron chi connectivity index (χ0n) is 14.6. The first-order valence-electron chi connectivity index (χ1n) is 9.22. The first-order valence-corrected chi connectivity index (χ1v) is 9.22. The number of hydrogen-bond acceptors (Lipinski definition) is 5. The second kappa shape index (κ2) is 7.08. The Labute approximate surface area is 144 Å². The van der Waals surface area contributed by atoms with Gasteiger partial charge in [-0.15, -0.1) is 0 Å². The summed E-state index contributed by atoms with van der Waals surface area (Å²) in [6.07, 6.45) is 4.62. The van der Waals surface area contributed by atoms with E-state index in [1.54, 1.807) is 0 Å². The third-order valence-electron chi connectivity index (χ3n) is 5.55. The minimum Gasteiger partial charge on any atom is -0.381 e. The molecule has 0 aromatic carbocycles. The van der Waals surface area contributed by atoms with Crippen molar-refractivity contribution in [2.24, 2.45) is 0 Å². The topological polar surface area (TPSA) is 43.8 Å². The van der Waals surface area contributed by atoms with E-state index >= 15 is 0 Å². The van der Waals surface area contributed by atoms with Crippen LogP contribution < -0.4 is 0 Å². The SMILES string of the molecule is Cc1cccc(CO[C@@H]2CCOC3(C2)CN(C2CCOCC2)C3)n1. The standard InChI is InChI=1S/C19H28N2O3/c1-15-3-2-4-16(20-15)12-23-18-7-10-24-19(11-18)13-21(14-19)17-5-8-22-9-6-17/h2-4,17-18H,5-14H2,1H3/t18-/m1/s1. The maximum atomic E-state index is 6.16. The van der Waals surface area contributed by atoms with Gasteiger partial charge in [0.25, 0.3) is 0 Å². The van der Waals surface area contributed by atoms with Gasteiger partial charge in [0.2, 0.25) is 0 Å². The van der Waals surface area contributed by atoms with Gasteiger partial charge in [0, 0.05) is 51.1 Å². The molecule has 0 N–H and O–H groups in total. The number of nitrogens with zero attached hydrogens (tertiary/aromatic N) is 2. The Bertz CT molecular complexity index is 553. The second-order valence-corrected chi connectivity index (χ2v) is 7.48. The van der Waals surface area contributed by atoms with Crippen LogP contribution in [0.25, 0.3) is 0 Å². The molecule has 3 aliphatic rings. The first-order chi connectivity index (χ1) is 11.7. The van der Waals surface area contributed by atoms with Crippen LogP contribution in [0.1, 0.15) is 37.1 Å². The van der Waals surface area contributed by atoms with Crippen molar-refractivity contribution >= 4 is 0 Å². The molecule has 1 spiro atoms. The van der Waals surface area contributed by atoms with Crippen molar-refractivity contribution < 1.29 is 14.2 Å². The Balaban J connectivity index is 1.27. The highest BCUT2D eigenvalue weighted by Gasteiger charge is 2.49. The zero-order chi connectivity index (χ0) is 16.4. The Morgan fingerprint density at radius 2 is 2.04 bits per heavy atom. The van der Waals surface area contributed by atoms with Crippen molar-refractivity contribution in [1.82, 2.24) is 9.88 Å². The van der Waals surface area contributed by atoms with Gasteiger partial charge in [-0.2, -0.15) is 0 Å². The van der Waals surface area contributed by atoms with Crippen molar-refractivity contribution in [3.05, 3.63) is 29.6 Å². The molecule has 4 heterocycles. The van der Waals surface area contributed by atoms with Gasteiger partial charge in [-0.3, -0.25) is 9.88 Å². The molecule has 3 aliphatic heterocycles. The summed E-state index contributed by atoms with van der Waals surface area (Å²) < 4.78 is 17.8. The van der Waals surface area contributed by atoms with E-state index in [2.05, 4.69) is 9.88 Å². The molecule has 3 saturated heterocycles. The highest BCUT2D eigenvalue weighted by molar-refractivity contribution is 5.09. The number of pyridine rings is 1. The highest BCUT2D eigenvalue weighted by atomic mass is 16.5. The van der Waals surface area contributed by atoms with Crippen LogP contribution in [-0.4, -0.2) is 60.5 Å². The van der Waals surface area contributed by atoms with E-state index in [4.69, 9.17) is 14.2 Å². The van der Waals surface area contributed by atoms with E-state index in [1.807, 2.05) is 25.1 Å². The van der Waals surface area contributed by atoms with Crippen LogP contribution in [0.2, 0.25) is 0 Å². The van der Waals surface area contributed by atoms with E-state index in [1.165, 1.54) is 0 Å². The van der Waals surface area contributed by atoms with Gasteiger partial charge < -0.3 is 14.2 Å². The van der Waals surface area contributed by atoms with E-state index in [0.29, 0.717) is 12.6 Å². The lowest BCUT2D eigenvalue weighted by Crippen LogP contribution is -2.68. The second-order valence-electron chi connectivity index (χ2n) is 7.48. The third-order valence-corrected chi connectivity index (χ3v) is 5.55. The number of ether oxygens (including phenoxy) is 3. The largest absolute Gasteiger partial charge is 0.381 e. The van der Waals surface area contributed by atoms with Crippen LogP contribution in [-0.2, 0) is 20.8 Å². The number of hydrogen-bond donors (Lipinski definition) is 0. The average molecular weight is 332 g/mol. The third kappa shape index (κ3) is 3.64. The smallest absolute Gasteiger partial charge is 0.0959 e. The van der Waals surface area contributed by atoms with Crippen molar-refractivity contribution in [2.75, 3.05) is 32.9 Å². The molecule has 24 heavy (non-hydrogen) atoms. The molecule has 0 aliphatic carbocycles. The van der Waals surface area contributed by atoms with Crippen LogP contribution in [0.3, 0.4) is 0 Å². The van der Waals surface area contributed by atoms with Crippen LogP contribution in [0, 0.1) is 6.92 Å². The number of rotatable bonds is 4. The highest BCUT2D eigenvalue weighted by Crippen LogP contribution is 2.38. The zero-order valence-corrected chi connectivity index (χ0v) is 14.6. The summed E-state index contributed by atoms with van der Waals surface area (Å²) in [6, 6.07) is 6.79. The van der Waals surface area contributed by atoms with Gasteiger partial charge in [-0.25, -0.2) is 0 Å². The van der Waals surface area contributed by atoms with Crippen LogP contribution in [0.4, 0.5) is 0 Å². The van der Waals surface area contributed by atoms with Gasteiger partial charge in [0.05, 0.1) is 24.0 Å². The summed E-state index contributed by atoms with van der Waals surface area (Å²) in [5.74, 6) is 0. The molecular formula is C19H28N2O3. The average Bonchev–Trinajstić information content (AvgIpc) is 2.59. The fraction of sp³-hybridized carbons (Fsp3) is 0.737. The van der Waals surface area contributed by atoms with Crippen molar-refractivity contribution in [1.29, 1.82) is 0 Å². The Morgan fingerprint density at radius 3 is 2.83 bits per heavy atom. The van der Waals surface area contributed by atoms with Crippen molar-refractivity contribution in [3.8, 4) is 0 Å². The molecule has 5 nitrogen and oxygen atoms in total. The van der Waals surface area contributed by atoms with Crippen molar-refractivity contribution in [2.45, 2.75) is 57.0 Å². The van der Waals surface area contributed by atoms with Crippen molar-refractivity contribution in [3.63, 3.8) is 0 Å². The Morgan fingerprint density at radius 1 is 1.21 bits per heavy atom. The predicted octanol–water partition coefficient (Wildman–Crippen LogP) is 2.32. The fourth-order valence-corrected chi connectivity index (χ4v) is 4.23. The van der Waals surface area contributed by atoms with Gasteiger partial charge in [0.15, 0.2) is 0 Å². The molecule has 0 unspecified atom stereocenters. The maximum absolute atomic E-state index is 6.16. The molecule has 0 bridgehead atoms. The minimum absolute atomic E-state index is 0.0290. The van der Waals surface area contributed by atoms with Gasteiger partial charge >= 0.3 is 0 Å². The monoisotopic (exact) mass is 332 g/mol. The van der Waals surface area contributed by atoms with E-state index in [-0.39, 0.29) is 11.7 Å². The molecular weight excluding hydrogens is 304 g/mol. The lowest BCUT2D eigenvalue weighted by molar-refractivity contribution is -0.210. The Kier molecular flexibility index (Phi) is 4.86. The minimum atomic E-state index is 0.0290. The molecule has 4 rings (SSSR count). The summed E-state index contributed by atoms with van der Waals surface area (Å²) in [7, 11) is 0. The number of aromatic nitrogens is 1. The molecule has 5 heteroatoms. The van der Waals surface area contributed by atoms with Crippen LogP contribution >= 0.6 is 0 Å². The Hall–Kier alpha value is -1.01. The lowest BCUT2D eigenvalue weighted by Gasteiger charge is -2.56. The summed E-state index contributed by atoms with van der Waals surface area (Å²) in [5, 5.41) is 0.